The molecule has 1 fully saturated rings. The third-order valence-corrected chi connectivity index (χ3v) is 5.79. The second-order valence-electron chi connectivity index (χ2n) is 9.79. The summed E-state index contributed by atoms with van der Waals surface area (Å²) in [6.07, 6.45) is 3.07. The van der Waals surface area contributed by atoms with Crippen molar-refractivity contribution in [1.29, 1.82) is 0 Å². The van der Waals surface area contributed by atoms with E-state index in [0.29, 0.717) is 0 Å². The van der Waals surface area contributed by atoms with Crippen molar-refractivity contribution < 1.29 is 1.37 Å². The molecule has 0 atom stereocenters. The van der Waals surface area contributed by atoms with E-state index >= 15 is 0 Å². The summed E-state index contributed by atoms with van der Waals surface area (Å²) in [4.78, 5) is 0. The quantitative estimate of drug-likeness (QED) is 0.530. The van der Waals surface area contributed by atoms with Crippen LogP contribution >= 0.6 is 0 Å². The maximum atomic E-state index is 9.31. The van der Waals surface area contributed by atoms with Crippen molar-refractivity contribution in [3.8, 4) is 11.1 Å². The topological polar surface area (TPSA) is 0 Å². The molecule has 0 nitrogen and oxygen atoms in total. The first-order chi connectivity index (χ1) is 11.9. The van der Waals surface area contributed by atoms with Gasteiger partial charge in [0.05, 0.1) is 0 Å². The van der Waals surface area contributed by atoms with Crippen LogP contribution in [0.5, 0.6) is 0 Å². The molecule has 0 radical (unpaired) electrons. The first-order valence-electron chi connectivity index (χ1n) is 10.1. The Labute approximate surface area is 156 Å². The van der Waals surface area contributed by atoms with E-state index < -0.39 is 5.89 Å². The van der Waals surface area contributed by atoms with Crippen LogP contribution in [0.15, 0.2) is 36.4 Å². The van der Waals surface area contributed by atoms with Crippen LogP contribution in [0.25, 0.3) is 11.1 Å². The summed E-state index contributed by atoms with van der Waals surface area (Å²) in [7, 11) is 0. The molecule has 0 bridgehead atoms. The molecule has 0 aromatic heterocycles. The Morgan fingerprint density at radius 1 is 0.800 bits per heavy atom. The highest BCUT2D eigenvalue weighted by Crippen LogP contribution is 2.51. The fourth-order valence-electron chi connectivity index (χ4n) is 4.96. The highest BCUT2D eigenvalue weighted by Gasteiger charge is 2.38. The Morgan fingerprint density at radius 2 is 1.44 bits per heavy atom. The molecule has 2 aromatic rings. The predicted octanol–water partition coefficient (Wildman–Crippen LogP) is 7.60. The third kappa shape index (κ3) is 4.00. The minimum Gasteiger partial charge on any atom is -0.0599 e. The van der Waals surface area contributed by atoms with Gasteiger partial charge in [-0.1, -0.05) is 64.1 Å². The van der Waals surface area contributed by atoms with Gasteiger partial charge in [-0.05, 0) is 90.1 Å². The van der Waals surface area contributed by atoms with Gasteiger partial charge in [-0.2, -0.15) is 0 Å². The maximum absolute atomic E-state index is 9.31. The number of benzene rings is 2. The predicted molar refractivity (Wildman–Crippen MR) is 110 cm³/mol. The van der Waals surface area contributed by atoms with E-state index in [1.807, 2.05) is 0 Å². The molecule has 0 saturated heterocycles. The van der Waals surface area contributed by atoms with E-state index in [0.717, 1.165) is 12.8 Å². The smallest absolute Gasteiger partial charge is 0.0353 e. The van der Waals surface area contributed by atoms with Crippen LogP contribution in [0, 0.1) is 31.6 Å². The highest BCUT2D eigenvalue weighted by atomic mass is 14.4. The number of aryl methyl sites for hydroxylation is 3. The zero-order chi connectivity index (χ0) is 19.3. The van der Waals surface area contributed by atoms with Crippen molar-refractivity contribution in [2.75, 3.05) is 0 Å². The van der Waals surface area contributed by atoms with Crippen molar-refractivity contribution >= 4 is 0 Å². The van der Waals surface area contributed by atoms with Gasteiger partial charge in [-0.25, -0.2) is 0 Å². The van der Waals surface area contributed by atoms with Gasteiger partial charge in [0.1, 0.15) is 0 Å². The highest BCUT2D eigenvalue weighted by molar-refractivity contribution is 5.68. The zero-order valence-electron chi connectivity index (χ0n) is 18.1. The van der Waals surface area contributed by atoms with Crippen LogP contribution in [0.2, 0.25) is 0 Å². The molecule has 2 aromatic carbocycles. The molecular formula is C25H34. The normalized spacial score (nSPS) is 21.6. The van der Waals surface area contributed by atoms with Crippen LogP contribution < -0.4 is 0 Å². The summed E-state index contributed by atoms with van der Waals surface area (Å²) in [6.45, 7) is 15.8. The summed E-state index contributed by atoms with van der Waals surface area (Å²) >= 11 is 0. The van der Waals surface area contributed by atoms with E-state index in [1.54, 1.807) is 0 Å². The standard InChI is InChI=1S/C25H34/c1-17-8-9-21(12-18(17)2)23-11-10-20(13-19(23)3)22-14-24(4,5)16-25(6,7)15-22/h8-13,22H,14-16H2,1-7H3/i22D. The van der Waals surface area contributed by atoms with E-state index in [1.165, 1.54) is 39.8 Å². The monoisotopic (exact) mass is 335 g/mol. The van der Waals surface area contributed by atoms with Gasteiger partial charge in [0, 0.05) is 1.37 Å². The van der Waals surface area contributed by atoms with Gasteiger partial charge in [0.25, 0.3) is 0 Å². The second-order valence-corrected chi connectivity index (χ2v) is 9.79. The molecule has 0 unspecified atom stereocenters. The number of hydrogen-bond acceptors (Lipinski definition) is 0. The summed E-state index contributed by atoms with van der Waals surface area (Å²) in [5.74, 6) is -0.488. The summed E-state index contributed by atoms with van der Waals surface area (Å²) < 4.78 is 9.31. The molecule has 1 aliphatic carbocycles. The average molecular weight is 336 g/mol. The van der Waals surface area contributed by atoms with E-state index in [9.17, 15) is 1.37 Å². The Morgan fingerprint density at radius 3 is 2.00 bits per heavy atom. The lowest BCUT2D eigenvalue weighted by Crippen LogP contribution is -2.32. The second kappa shape index (κ2) is 6.31. The third-order valence-electron chi connectivity index (χ3n) is 5.79. The van der Waals surface area contributed by atoms with Crippen molar-refractivity contribution in [1.82, 2.24) is 0 Å². The van der Waals surface area contributed by atoms with Gasteiger partial charge in [-0.3, -0.25) is 0 Å². The number of rotatable bonds is 2. The Hall–Kier alpha value is -1.56. The van der Waals surface area contributed by atoms with Crippen LogP contribution in [0.4, 0.5) is 0 Å². The lowest BCUT2D eigenvalue weighted by Gasteiger charge is -2.45. The van der Waals surface area contributed by atoms with Crippen molar-refractivity contribution in [2.45, 2.75) is 73.6 Å². The Kier molecular flexibility index (Phi) is 4.26. The Bertz CT molecular complexity index is 810. The van der Waals surface area contributed by atoms with Crippen LogP contribution in [-0.2, 0) is 0 Å². The first kappa shape index (κ1) is 16.9. The fourth-order valence-corrected chi connectivity index (χ4v) is 4.96. The molecule has 0 heterocycles. The average Bonchev–Trinajstić information content (AvgIpc) is 2.46. The van der Waals surface area contributed by atoms with Crippen LogP contribution in [0.3, 0.4) is 0 Å². The Balaban J connectivity index is 2.00. The van der Waals surface area contributed by atoms with E-state index in [4.69, 9.17) is 0 Å². The molecule has 134 valence electrons. The maximum Gasteiger partial charge on any atom is 0.0353 e. The van der Waals surface area contributed by atoms with Gasteiger partial charge < -0.3 is 0 Å². The SMILES string of the molecule is [2H]C1(c2ccc(-c3ccc(C)c(C)c3)c(C)c2)CC(C)(C)CC(C)(C)C1. The van der Waals surface area contributed by atoms with Gasteiger partial charge >= 0.3 is 0 Å². The minimum atomic E-state index is -0.488. The van der Waals surface area contributed by atoms with E-state index in [-0.39, 0.29) is 10.8 Å². The van der Waals surface area contributed by atoms with Crippen LogP contribution in [0.1, 0.15) is 76.5 Å². The molecule has 0 spiro atoms. The largest absolute Gasteiger partial charge is 0.0599 e. The number of hydrogen-bond donors (Lipinski definition) is 0. The van der Waals surface area contributed by atoms with Crippen LogP contribution in [-0.4, -0.2) is 0 Å². The fraction of sp³-hybridized carbons (Fsp3) is 0.520. The minimum absolute atomic E-state index is 0.212. The lowest BCUT2D eigenvalue weighted by atomic mass is 9.60. The molecule has 0 N–H and O–H groups in total. The summed E-state index contributed by atoms with van der Waals surface area (Å²) in [5.41, 5.74) is 8.12. The summed E-state index contributed by atoms with van der Waals surface area (Å²) in [5, 5.41) is 0. The molecular weight excluding hydrogens is 300 g/mol. The summed E-state index contributed by atoms with van der Waals surface area (Å²) in [6, 6.07) is 13.4. The van der Waals surface area contributed by atoms with Crippen molar-refractivity contribution in [2.24, 2.45) is 10.8 Å². The molecule has 0 aliphatic heterocycles. The first-order valence-corrected chi connectivity index (χ1v) is 9.60. The van der Waals surface area contributed by atoms with Gasteiger partial charge in [0.15, 0.2) is 0 Å². The zero-order valence-corrected chi connectivity index (χ0v) is 17.1. The van der Waals surface area contributed by atoms with Crippen molar-refractivity contribution in [3.05, 3.63) is 58.7 Å². The molecule has 1 aliphatic rings. The molecule has 0 amide bonds. The van der Waals surface area contributed by atoms with Gasteiger partial charge in [-0.15, -0.1) is 0 Å². The molecule has 3 rings (SSSR count). The van der Waals surface area contributed by atoms with Gasteiger partial charge in [0.2, 0.25) is 0 Å². The molecule has 1 saturated carbocycles. The molecule has 25 heavy (non-hydrogen) atoms. The lowest BCUT2D eigenvalue weighted by molar-refractivity contribution is 0.0969. The van der Waals surface area contributed by atoms with Crippen molar-refractivity contribution in [3.63, 3.8) is 0 Å². The van der Waals surface area contributed by atoms with E-state index in [2.05, 4.69) is 84.9 Å². The molecule has 0 heteroatoms.